The van der Waals surface area contributed by atoms with E-state index < -0.39 is 16.8 Å². The molecule has 2 rings (SSSR count). The summed E-state index contributed by atoms with van der Waals surface area (Å²) in [5.41, 5.74) is 0.124. The Morgan fingerprint density at radius 1 is 1.48 bits per heavy atom. The van der Waals surface area contributed by atoms with Crippen LogP contribution in [0.25, 0.3) is 0 Å². The fourth-order valence-corrected chi connectivity index (χ4v) is 4.11. The van der Waals surface area contributed by atoms with E-state index in [0.717, 1.165) is 29.2 Å². The molecule has 140 valence electrons. The zero-order valence-corrected chi connectivity index (χ0v) is 16.5. The van der Waals surface area contributed by atoms with Gasteiger partial charge in [0.05, 0.1) is 27.0 Å². The van der Waals surface area contributed by atoms with Crippen LogP contribution < -0.4 is 5.32 Å². The Bertz CT molecular complexity index is 968. The normalized spacial score (nSPS) is 10.1. The van der Waals surface area contributed by atoms with Crippen LogP contribution in [0.5, 0.6) is 0 Å². The van der Waals surface area contributed by atoms with Gasteiger partial charge in [-0.25, -0.2) is 4.79 Å². The van der Waals surface area contributed by atoms with Gasteiger partial charge in [0.15, 0.2) is 0 Å². The van der Waals surface area contributed by atoms with Crippen molar-refractivity contribution >= 4 is 57.3 Å². The van der Waals surface area contributed by atoms with Crippen molar-refractivity contribution in [2.45, 2.75) is 18.7 Å². The second-order valence-corrected chi connectivity index (χ2v) is 7.23. The molecule has 0 spiro atoms. The molecule has 0 radical (unpaired) electrons. The van der Waals surface area contributed by atoms with Crippen LogP contribution in [0.4, 0.5) is 10.7 Å². The number of hydrogen-bond acceptors (Lipinski definition) is 8. The third-order valence-corrected chi connectivity index (χ3v) is 5.78. The van der Waals surface area contributed by atoms with Gasteiger partial charge in [0.1, 0.15) is 15.3 Å². The van der Waals surface area contributed by atoms with E-state index in [0.29, 0.717) is 10.5 Å². The van der Waals surface area contributed by atoms with Gasteiger partial charge >= 0.3 is 5.97 Å². The Labute approximate surface area is 167 Å². The minimum Gasteiger partial charge on any atom is -0.462 e. The first-order valence-electron chi connectivity index (χ1n) is 7.41. The molecule has 0 aliphatic heterocycles. The number of hydrogen-bond donors (Lipinski definition) is 1. The predicted molar refractivity (Wildman–Crippen MR) is 103 cm³/mol. The molecule has 0 saturated heterocycles. The number of nitrogens with one attached hydrogen (secondary N) is 1. The molecule has 0 aliphatic carbocycles. The van der Waals surface area contributed by atoms with Crippen LogP contribution in [0.2, 0.25) is 5.02 Å². The summed E-state index contributed by atoms with van der Waals surface area (Å²) in [5, 5.41) is 24.7. The first-order valence-corrected chi connectivity index (χ1v) is 9.42. The number of thioether (sulfide) groups is 1. The molecule has 8 nitrogen and oxygen atoms in total. The summed E-state index contributed by atoms with van der Waals surface area (Å²) in [5.74, 6) is -1.26. The van der Waals surface area contributed by atoms with Crippen LogP contribution in [-0.2, 0) is 4.74 Å². The van der Waals surface area contributed by atoms with E-state index in [1.807, 2.05) is 5.40 Å². The average molecular weight is 426 g/mol. The van der Waals surface area contributed by atoms with Crippen LogP contribution in [0, 0.1) is 27.7 Å². The minimum absolute atomic E-state index is 0.0338. The summed E-state index contributed by atoms with van der Waals surface area (Å²) in [6.07, 6.45) is 0. The lowest BCUT2D eigenvalue weighted by Crippen LogP contribution is -2.12. The molecule has 0 bridgehead atoms. The number of carbonyl (C=O) groups is 2. The van der Waals surface area contributed by atoms with E-state index in [-0.39, 0.29) is 32.8 Å². The number of nitro benzene ring substituents is 1. The number of thiocyanates is 1. The van der Waals surface area contributed by atoms with Gasteiger partial charge in [-0.3, -0.25) is 14.9 Å². The number of nitriles is 1. The maximum atomic E-state index is 12.6. The molecular weight excluding hydrogens is 414 g/mol. The second kappa shape index (κ2) is 8.85. The van der Waals surface area contributed by atoms with Crippen LogP contribution in [0.15, 0.2) is 23.1 Å². The fourth-order valence-electron chi connectivity index (χ4n) is 2.11. The van der Waals surface area contributed by atoms with Gasteiger partial charge in [0, 0.05) is 12.1 Å². The fraction of sp³-hybridized carbons (Fsp3) is 0.188. The summed E-state index contributed by atoms with van der Waals surface area (Å²) < 4.78 is 4.98. The molecule has 0 fully saturated rings. The van der Waals surface area contributed by atoms with Gasteiger partial charge in [-0.1, -0.05) is 11.6 Å². The number of rotatable bonds is 6. The molecule has 2 aromatic rings. The predicted octanol–water partition coefficient (Wildman–Crippen LogP) is 4.62. The number of esters is 1. The largest absolute Gasteiger partial charge is 0.462 e. The standard InChI is InChI=1S/C16H12ClN3O5S2/c1-3-25-16(22)13-8(2)12(26-7-18)15(27-13)19-14(21)10-6-9(20(23)24)4-5-11(10)17/h4-6H,3H2,1-2H3,(H,19,21). The molecule has 0 unspecified atom stereocenters. The summed E-state index contributed by atoms with van der Waals surface area (Å²) in [7, 11) is 0. The van der Waals surface area contributed by atoms with Crippen LogP contribution in [0.3, 0.4) is 0 Å². The highest BCUT2D eigenvalue weighted by Crippen LogP contribution is 2.40. The van der Waals surface area contributed by atoms with E-state index in [1.54, 1.807) is 13.8 Å². The number of non-ortho nitro benzene ring substituents is 1. The highest BCUT2D eigenvalue weighted by atomic mass is 35.5. The molecule has 1 heterocycles. The van der Waals surface area contributed by atoms with Crippen molar-refractivity contribution < 1.29 is 19.2 Å². The van der Waals surface area contributed by atoms with Crippen molar-refractivity contribution in [3.8, 4) is 5.40 Å². The number of carbonyl (C=O) groups excluding carboxylic acids is 2. The molecular formula is C16H12ClN3O5S2. The van der Waals surface area contributed by atoms with Crippen molar-refractivity contribution in [1.29, 1.82) is 5.26 Å². The smallest absolute Gasteiger partial charge is 0.348 e. The van der Waals surface area contributed by atoms with E-state index in [4.69, 9.17) is 21.6 Å². The summed E-state index contributed by atoms with van der Waals surface area (Å²) in [4.78, 5) is 35.5. The van der Waals surface area contributed by atoms with Crippen LogP contribution >= 0.6 is 34.7 Å². The van der Waals surface area contributed by atoms with Gasteiger partial charge in [-0.2, -0.15) is 5.26 Å². The second-order valence-electron chi connectivity index (χ2n) is 5.00. The third kappa shape index (κ3) is 4.57. The number of benzene rings is 1. The van der Waals surface area contributed by atoms with Crippen molar-refractivity contribution in [3.63, 3.8) is 0 Å². The maximum absolute atomic E-state index is 12.6. The zero-order valence-electron chi connectivity index (χ0n) is 14.1. The lowest BCUT2D eigenvalue weighted by Gasteiger charge is -2.06. The Balaban J connectivity index is 2.42. The highest BCUT2D eigenvalue weighted by molar-refractivity contribution is 8.04. The van der Waals surface area contributed by atoms with Crippen molar-refractivity contribution in [2.24, 2.45) is 0 Å². The van der Waals surface area contributed by atoms with E-state index in [9.17, 15) is 19.7 Å². The SMILES string of the molecule is CCOC(=O)c1sc(NC(=O)c2cc([N+](=O)[O-])ccc2Cl)c(SC#N)c1C. The first-order chi connectivity index (χ1) is 12.8. The summed E-state index contributed by atoms with van der Waals surface area (Å²) in [6, 6.07) is 3.50. The zero-order chi connectivity index (χ0) is 20.1. The first kappa shape index (κ1) is 20.7. The van der Waals surface area contributed by atoms with E-state index in [1.165, 1.54) is 12.1 Å². The Kier molecular flexibility index (Phi) is 6.79. The quantitative estimate of drug-likeness (QED) is 0.235. The molecule has 0 saturated carbocycles. The Hall–Kier alpha value is -2.61. The Morgan fingerprint density at radius 3 is 2.78 bits per heavy atom. The molecule has 1 aromatic heterocycles. The van der Waals surface area contributed by atoms with Crippen molar-refractivity contribution in [3.05, 3.63) is 49.3 Å². The van der Waals surface area contributed by atoms with E-state index >= 15 is 0 Å². The van der Waals surface area contributed by atoms with Crippen LogP contribution in [-0.4, -0.2) is 23.4 Å². The summed E-state index contributed by atoms with van der Waals surface area (Å²) in [6.45, 7) is 3.49. The molecule has 1 amide bonds. The molecule has 1 N–H and O–H groups in total. The molecule has 27 heavy (non-hydrogen) atoms. The number of ether oxygens (including phenoxy) is 1. The average Bonchev–Trinajstić information content (AvgIpc) is 2.92. The maximum Gasteiger partial charge on any atom is 0.348 e. The van der Waals surface area contributed by atoms with Crippen molar-refractivity contribution in [2.75, 3.05) is 11.9 Å². The molecule has 1 aromatic carbocycles. The van der Waals surface area contributed by atoms with E-state index in [2.05, 4.69) is 5.32 Å². The number of thiophene rings is 1. The van der Waals surface area contributed by atoms with Crippen molar-refractivity contribution in [1.82, 2.24) is 0 Å². The highest BCUT2D eigenvalue weighted by Gasteiger charge is 2.24. The van der Waals surface area contributed by atoms with Gasteiger partial charge in [-0.15, -0.1) is 11.3 Å². The monoisotopic (exact) mass is 425 g/mol. The lowest BCUT2D eigenvalue weighted by atomic mass is 10.2. The summed E-state index contributed by atoms with van der Waals surface area (Å²) >= 11 is 7.72. The molecule has 0 atom stereocenters. The number of amides is 1. The van der Waals surface area contributed by atoms with Gasteiger partial charge in [0.2, 0.25) is 0 Å². The Morgan fingerprint density at radius 2 is 2.19 bits per heavy atom. The van der Waals surface area contributed by atoms with Crippen LogP contribution in [0.1, 0.15) is 32.5 Å². The lowest BCUT2D eigenvalue weighted by molar-refractivity contribution is -0.384. The number of nitrogens with zero attached hydrogens (tertiary/aromatic N) is 2. The van der Waals surface area contributed by atoms with Gasteiger partial charge < -0.3 is 10.1 Å². The molecule has 0 aliphatic rings. The van der Waals surface area contributed by atoms with Gasteiger partial charge in [0.25, 0.3) is 11.6 Å². The minimum atomic E-state index is -0.694. The number of nitro groups is 1. The molecule has 11 heteroatoms. The third-order valence-electron chi connectivity index (χ3n) is 3.33. The topological polar surface area (TPSA) is 122 Å². The van der Waals surface area contributed by atoms with Gasteiger partial charge in [-0.05, 0) is 37.2 Å². The number of halogens is 1. The number of anilines is 1.